The number of unbranched alkanes of at least 4 members (excludes halogenated alkanes) is 2. The maximum absolute atomic E-state index is 13.5. The van der Waals surface area contributed by atoms with E-state index < -0.39 is 0 Å². The zero-order valence-electron chi connectivity index (χ0n) is 10.1. The molecule has 0 bridgehead atoms. The van der Waals surface area contributed by atoms with Crippen LogP contribution >= 0.6 is 11.6 Å². The van der Waals surface area contributed by atoms with Crippen LogP contribution in [0.1, 0.15) is 24.8 Å². The van der Waals surface area contributed by atoms with Gasteiger partial charge < -0.3 is 10.0 Å². The molecule has 0 amide bonds. The molecule has 1 N–H and O–H groups in total. The van der Waals surface area contributed by atoms with E-state index in [4.69, 9.17) is 16.7 Å². The first-order valence-electron chi connectivity index (χ1n) is 5.87. The first-order chi connectivity index (χ1) is 8.15. The van der Waals surface area contributed by atoms with Crippen LogP contribution in [0.5, 0.6) is 0 Å². The van der Waals surface area contributed by atoms with Crippen molar-refractivity contribution in [2.45, 2.75) is 25.8 Å². The third-order valence-corrected chi connectivity index (χ3v) is 3.04. The van der Waals surface area contributed by atoms with Crippen LogP contribution in [-0.2, 0) is 6.54 Å². The number of benzene rings is 1. The Morgan fingerprint density at radius 1 is 1.29 bits per heavy atom. The number of halogens is 2. The molecule has 1 aromatic carbocycles. The van der Waals surface area contributed by atoms with Crippen LogP contribution in [0.4, 0.5) is 4.39 Å². The maximum Gasteiger partial charge on any atom is 0.129 e. The first kappa shape index (κ1) is 14.4. The van der Waals surface area contributed by atoms with E-state index in [1.165, 1.54) is 6.07 Å². The molecule has 0 saturated carbocycles. The van der Waals surface area contributed by atoms with Gasteiger partial charge in [0.25, 0.3) is 0 Å². The van der Waals surface area contributed by atoms with Gasteiger partial charge in [0.15, 0.2) is 0 Å². The molecule has 0 radical (unpaired) electrons. The molecule has 0 spiro atoms. The Hall–Kier alpha value is -0.640. The summed E-state index contributed by atoms with van der Waals surface area (Å²) in [7, 11) is 1.95. The number of hydrogen-bond donors (Lipinski definition) is 1. The Kier molecular flexibility index (Phi) is 6.48. The predicted molar refractivity (Wildman–Crippen MR) is 68.7 cm³/mol. The van der Waals surface area contributed by atoms with Gasteiger partial charge in [-0.05, 0) is 45.0 Å². The van der Waals surface area contributed by atoms with Crippen LogP contribution in [-0.4, -0.2) is 30.2 Å². The van der Waals surface area contributed by atoms with Crippen LogP contribution in [0.2, 0.25) is 5.02 Å². The summed E-state index contributed by atoms with van der Waals surface area (Å²) in [5.74, 6) is -0.250. The minimum atomic E-state index is -0.250. The van der Waals surface area contributed by atoms with E-state index in [1.54, 1.807) is 12.1 Å². The quantitative estimate of drug-likeness (QED) is 0.761. The molecule has 0 saturated heterocycles. The summed E-state index contributed by atoms with van der Waals surface area (Å²) in [6.07, 6.45) is 2.82. The molecule has 0 heterocycles. The molecular formula is C13H19ClFNO. The lowest BCUT2D eigenvalue weighted by Crippen LogP contribution is -2.20. The van der Waals surface area contributed by atoms with Gasteiger partial charge >= 0.3 is 0 Å². The Labute approximate surface area is 107 Å². The van der Waals surface area contributed by atoms with E-state index in [0.29, 0.717) is 17.1 Å². The van der Waals surface area contributed by atoms with Crippen molar-refractivity contribution < 1.29 is 9.50 Å². The van der Waals surface area contributed by atoms with Gasteiger partial charge in [0.1, 0.15) is 5.82 Å². The van der Waals surface area contributed by atoms with Gasteiger partial charge in [0.05, 0.1) is 0 Å². The molecule has 0 atom stereocenters. The summed E-state index contributed by atoms with van der Waals surface area (Å²) < 4.78 is 13.5. The van der Waals surface area contributed by atoms with Crippen molar-refractivity contribution in [1.82, 2.24) is 4.90 Å². The van der Waals surface area contributed by atoms with E-state index in [0.717, 1.165) is 25.8 Å². The first-order valence-corrected chi connectivity index (χ1v) is 6.25. The summed E-state index contributed by atoms with van der Waals surface area (Å²) in [6, 6.07) is 4.75. The Balaban J connectivity index is 2.42. The van der Waals surface area contributed by atoms with Gasteiger partial charge in [-0.3, -0.25) is 0 Å². The zero-order valence-corrected chi connectivity index (χ0v) is 10.9. The smallest absolute Gasteiger partial charge is 0.129 e. The molecule has 1 rings (SSSR count). The largest absolute Gasteiger partial charge is 0.396 e. The SMILES string of the molecule is CN(CCCCCO)Cc1c(F)cccc1Cl. The van der Waals surface area contributed by atoms with Crippen LogP contribution in [0, 0.1) is 5.82 Å². The molecule has 4 heteroatoms. The number of rotatable bonds is 7. The highest BCUT2D eigenvalue weighted by Gasteiger charge is 2.09. The highest BCUT2D eigenvalue weighted by atomic mass is 35.5. The lowest BCUT2D eigenvalue weighted by Gasteiger charge is -2.17. The van der Waals surface area contributed by atoms with Gasteiger partial charge in [0, 0.05) is 23.7 Å². The van der Waals surface area contributed by atoms with Gasteiger partial charge in [-0.25, -0.2) is 4.39 Å². The molecule has 0 aromatic heterocycles. The van der Waals surface area contributed by atoms with E-state index >= 15 is 0 Å². The van der Waals surface area contributed by atoms with Crippen LogP contribution in [0.3, 0.4) is 0 Å². The third kappa shape index (κ3) is 5.02. The van der Waals surface area contributed by atoms with Crippen LogP contribution in [0.25, 0.3) is 0 Å². The Bertz CT molecular complexity index is 326. The van der Waals surface area contributed by atoms with Gasteiger partial charge in [-0.2, -0.15) is 0 Å². The summed E-state index contributed by atoms with van der Waals surface area (Å²) in [5.41, 5.74) is 0.554. The molecule has 0 fully saturated rings. The number of hydrogen-bond acceptors (Lipinski definition) is 2. The highest BCUT2D eigenvalue weighted by Crippen LogP contribution is 2.20. The van der Waals surface area contributed by atoms with E-state index in [2.05, 4.69) is 0 Å². The number of nitrogens with zero attached hydrogens (tertiary/aromatic N) is 1. The van der Waals surface area contributed by atoms with Crippen LogP contribution < -0.4 is 0 Å². The van der Waals surface area contributed by atoms with Gasteiger partial charge in [0.2, 0.25) is 0 Å². The predicted octanol–water partition coefficient (Wildman–Crippen LogP) is 3.07. The summed E-state index contributed by atoms with van der Waals surface area (Å²) in [4.78, 5) is 2.04. The lowest BCUT2D eigenvalue weighted by molar-refractivity contribution is 0.270. The van der Waals surface area contributed by atoms with Crippen molar-refractivity contribution in [3.05, 3.63) is 34.6 Å². The molecule has 0 aliphatic carbocycles. The molecule has 0 aliphatic heterocycles. The lowest BCUT2D eigenvalue weighted by atomic mass is 10.2. The summed E-state index contributed by atoms with van der Waals surface area (Å²) in [6.45, 7) is 1.64. The average molecular weight is 260 g/mol. The topological polar surface area (TPSA) is 23.5 Å². The molecule has 17 heavy (non-hydrogen) atoms. The fraction of sp³-hybridized carbons (Fsp3) is 0.538. The van der Waals surface area contributed by atoms with Crippen molar-refractivity contribution in [2.24, 2.45) is 0 Å². The van der Waals surface area contributed by atoms with E-state index in [-0.39, 0.29) is 12.4 Å². The van der Waals surface area contributed by atoms with Crippen molar-refractivity contribution in [3.8, 4) is 0 Å². The van der Waals surface area contributed by atoms with Crippen molar-refractivity contribution in [2.75, 3.05) is 20.2 Å². The monoisotopic (exact) mass is 259 g/mol. The second kappa shape index (κ2) is 7.64. The second-order valence-electron chi connectivity index (χ2n) is 4.22. The van der Waals surface area contributed by atoms with Crippen molar-refractivity contribution in [1.29, 1.82) is 0 Å². The number of aliphatic hydroxyl groups excluding tert-OH is 1. The molecule has 2 nitrogen and oxygen atoms in total. The standard InChI is InChI=1S/C13H19ClFNO/c1-16(8-3-2-4-9-17)10-11-12(14)6-5-7-13(11)15/h5-7,17H,2-4,8-10H2,1H3. The highest BCUT2D eigenvalue weighted by molar-refractivity contribution is 6.31. The van der Waals surface area contributed by atoms with Gasteiger partial charge in [-0.1, -0.05) is 17.7 Å². The van der Waals surface area contributed by atoms with E-state index in [1.807, 2.05) is 11.9 Å². The van der Waals surface area contributed by atoms with E-state index in [9.17, 15) is 4.39 Å². The molecule has 1 aromatic rings. The third-order valence-electron chi connectivity index (χ3n) is 2.69. The Morgan fingerprint density at radius 2 is 2.06 bits per heavy atom. The number of aliphatic hydroxyl groups is 1. The van der Waals surface area contributed by atoms with Crippen LogP contribution in [0.15, 0.2) is 18.2 Å². The maximum atomic E-state index is 13.5. The molecule has 0 aliphatic rings. The Morgan fingerprint density at radius 3 is 2.71 bits per heavy atom. The molecular weight excluding hydrogens is 241 g/mol. The summed E-state index contributed by atoms with van der Waals surface area (Å²) >= 11 is 5.96. The second-order valence-corrected chi connectivity index (χ2v) is 4.63. The molecule has 0 unspecified atom stereocenters. The molecule has 96 valence electrons. The zero-order chi connectivity index (χ0) is 12.7. The fourth-order valence-corrected chi connectivity index (χ4v) is 1.93. The normalized spacial score (nSPS) is 11.1. The van der Waals surface area contributed by atoms with Gasteiger partial charge in [-0.15, -0.1) is 0 Å². The summed E-state index contributed by atoms with van der Waals surface area (Å²) in [5, 5.41) is 9.14. The average Bonchev–Trinajstić information content (AvgIpc) is 2.30. The minimum absolute atomic E-state index is 0.239. The van der Waals surface area contributed by atoms with Crippen molar-refractivity contribution in [3.63, 3.8) is 0 Å². The fourth-order valence-electron chi connectivity index (χ4n) is 1.70. The van der Waals surface area contributed by atoms with Crippen molar-refractivity contribution >= 4 is 11.6 Å². The minimum Gasteiger partial charge on any atom is -0.396 e.